The molecule has 0 unspecified atom stereocenters. The standard InChI is InChI=1S/C20H22Cl2N2O2S/c1-3-14-11-27-19(18(23-14)20(25)26-4-2)24-17(12-6-5-7-12)15-9-8-13(21)10-16(15)22/h8-10,24H,3-7,11H2,1-2H3. The number of hydrogen-bond acceptors (Lipinski definition) is 5. The lowest BCUT2D eigenvalue weighted by Crippen LogP contribution is -2.23. The molecule has 1 aliphatic carbocycles. The molecule has 1 saturated carbocycles. The number of carbonyl (C=O) groups is 1. The van der Waals surface area contributed by atoms with Crippen molar-refractivity contribution in [3.8, 4) is 0 Å². The van der Waals surface area contributed by atoms with Crippen molar-refractivity contribution in [3.05, 3.63) is 50.1 Å². The summed E-state index contributed by atoms with van der Waals surface area (Å²) in [6.45, 7) is 4.14. The van der Waals surface area contributed by atoms with Gasteiger partial charge < -0.3 is 10.1 Å². The Morgan fingerprint density at radius 2 is 2.07 bits per heavy atom. The Labute approximate surface area is 174 Å². The van der Waals surface area contributed by atoms with E-state index in [0.29, 0.717) is 27.4 Å². The van der Waals surface area contributed by atoms with Crippen LogP contribution < -0.4 is 5.32 Å². The summed E-state index contributed by atoms with van der Waals surface area (Å²) in [4.78, 5) is 17.0. The van der Waals surface area contributed by atoms with E-state index in [4.69, 9.17) is 27.9 Å². The summed E-state index contributed by atoms with van der Waals surface area (Å²) in [6.07, 6.45) is 3.98. The first-order valence-corrected chi connectivity index (χ1v) is 10.8. The Bertz CT molecular complexity index is 840. The first-order valence-electron chi connectivity index (χ1n) is 9.08. The Morgan fingerprint density at radius 1 is 1.30 bits per heavy atom. The van der Waals surface area contributed by atoms with Crippen molar-refractivity contribution in [2.75, 3.05) is 12.4 Å². The second-order valence-electron chi connectivity index (χ2n) is 6.30. The molecule has 0 saturated heterocycles. The molecule has 1 heterocycles. The molecule has 0 radical (unpaired) electrons. The number of rotatable bonds is 6. The van der Waals surface area contributed by atoms with E-state index in [-0.39, 0.29) is 0 Å². The lowest BCUT2D eigenvalue weighted by molar-refractivity contribution is -0.138. The highest BCUT2D eigenvalue weighted by atomic mass is 35.5. The zero-order chi connectivity index (χ0) is 19.4. The van der Waals surface area contributed by atoms with Gasteiger partial charge in [0.2, 0.25) is 0 Å². The molecule has 1 N–H and O–H groups in total. The zero-order valence-corrected chi connectivity index (χ0v) is 17.7. The average molecular weight is 425 g/mol. The number of halogens is 2. The molecular formula is C20H22Cl2N2O2S. The normalized spacial score (nSPS) is 16.6. The molecule has 0 spiro atoms. The number of thioether (sulfide) groups is 1. The Kier molecular flexibility index (Phi) is 6.90. The number of aliphatic imine (C=N–C) groups is 1. The predicted molar refractivity (Wildman–Crippen MR) is 114 cm³/mol. The van der Waals surface area contributed by atoms with Crippen LogP contribution in [0.3, 0.4) is 0 Å². The van der Waals surface area contributed by atoms with Crippen LogP contribution in [0.2, 0.25) is 10.0 Å². The van der Waals surface area contributed by atoms with Gasteiger partial charge in [-0.25, -0.2) is 9.79 Å². The van der Waals surface area contributed by atoms with Crippen LogP contribution in [0, 0.1) is 0 Å². The summed E-state index contributed by atoms with van der Waals surface area (Å²) < 4.78 is 5.22. The summed E-state index contributed by atoms with van der Waals surface area (Å²) in [5.74, 6) is 0.344. The number of ether oxygens (including phenoxy) is 1. The number of esters is 1. The topological polar surface area (TPSA) is 50.7 Å². The second-order valence-corrected chi connectivity index (χ2v) is 8.13. The SMILES string of the molecule is CCOC(=O)C1=C(NC(=C2CCC2)c2ccc(Cl)cc2Cl)SCC(CC)=N1. The van der Waals surface area contributed by atoms with Gasteiger partial charge >= 0.3 is 5.97 Å². The summed E-state index contributed by atoms with van der Waals surface area (Å²) in [7, 11) is 0. The highest BCUT2D eigenvalue weighted by molar-refractivity contribution is 8.03. The Balaban J connectivity index is 2.01. The monoisotopic (exact) mass is 424 g/mol. The van der Waals surface area contributed by atoms with Crippen molar-refractivity contribution >= 4 is 52.3 Å². The predicted octanol–water partition coefficient (Wildman–Crippen LogP) is 5.81. The molecule has 7 heteroatoms. The van der Waals surface area contributed by atoms with Crippen molar-refractivity contribution in [2.24, 2.45) is 4.99 Å². The van der Waals surface area contributed by atoms with E-state index < -0.39 is 5.97 Å². The number of nitrogens with zero attached hydrogens (tertiary/aromatic N) is 1. The summed E-state index contributed by atoms with van der Waals surface area (Å²) in [5.41, 5.74) is 4.45. The van der Waals surface area contributed by atoms with E-state index in [2.05, 4.69) is 10.3 Å². The molecule has 1 fully saturated rings. The van der Waals surface area contributed by atoms with Crippen LogP contribution in [0.4, 0.5) is 0 Å². The van der Waals surface area contributed by atoms with Crippen molar-refractivity contribution < 1.29 is 9.53 Å². The smallest absolute Gasteiger partial charge is 0.359 e. The molecule has 1 aromatic rings. The number of carbonyl (C=O) groups excluding carboxylic acids is 1. The quantitative estimate of drug-likeness (QED) is 0.585. The van der Waals surface area contributed by atoms with Crippen LogP contribution in [0.5, 0.6) is 0 Å². The van der Waals surface area contributed by atoms with E-state index in [1.165, 1.54) is 5.57 Å². The minimum Gasteiger partial charge on any atom is -0.461 e. The van der Waals surface area contributed by atoms with Crippen molar-refractivity contribution in [1.82, 2.24) is 5.32 Å². The van der Waals surface area contributed by atoms with Gasteiger partial charge in [-0.05, 0) is 56.4 Å². The van der Waals surface area contributed by atoms with E-state index in [0.717, 1.165) is 48.4 Å². The third-order valence-corrected chi connectivity index (χ3v) is 6.10. The molecule has 0 bridgehead atoms. The van der Waals surface area contributed by atoms with Gasteiger partial charge in [-0.2, -0.15) is 0 Å². The van der Waals surface area contributed by atoms with E-state index in [9.17, 15) is 4.79 Å². The Hall–Kier alpha value is -1.43. The maximum atomic E-state index is 12.5. The molecule has 3 rings (SSSR count). The van der Waals surface area contributed by atoms with E-state index >= 15 is 0 Å². The summed E-state index contributed by atoms with van der Waals surface area (Å²) in [6, 6.07) is 5.48. The van der Waals surface area contributed by atoms with Gasteiger partial charge in [0.25, 0.3) is 0 Å². The summed E-state index contributed by atoms with van der Waals surface area (Å²) in [5, 5.41) is 5.35. The highest BCUT2D eigenvalue weighted by Crippen LogP contribution is 2.38. The molecule has 2 aliphatic rings. The maximum absolute atomic E-state index is 12.5. The Morgan fingerprint density at radius 3 is 2.67 bits per heavy atom. The molecular weight excluding hydrogens is 403 g/mol. The van der Waals surface area contributed by atoms with Crippen molar-refractivity contribution in [1.29, 1.82) is 0 Å². The van der Waals surface area contributed by atoms with E-state index in [1.807, 2.05) is 19.1 Å². The van der Waals surface area contributed by atoms with Gasteiger partial charge in [0, 0.05) is 27.7 Å². The molecule has 0 amide bonds. The van der Waals surface area contributed by atoms with Gasteiger partial charge in [-0.15, -0.1) is 0 Å². The fraction of sp³-hybridized carbons (Fsp3) is 0.400. The number of allylic oxidation sites excluding steroid dienone is 1. The van der Waals surface area contributed by atoms with Crippen LogP contribution in [-0.2, 0) is 9.53 Å². The molecule has 1 aromatic carbocycles. The van der Waals surface area contributed by atoms with Crippen LogP contribution >= 0.6 is 35.0 Å². The van der Waals surface area contributed by atoms with Crippen molar-refractivity contribution in [3.63, 3.8) is 0 Å². The van der Waals surface area contributed by atoms with Gasteiger partial charge in [0.15, 0.2) is 5.70 Å². The van der Waals surface area contributed by atoms with Crippen LogP contribution in [0.15, 0.2) is 39.5 Å². The average Bonchev–Trinajstić information content (AvgIpc) is 2.60. The molecule has 27 heavy (non-hydrogen) atoms. The minimum atomic E-state index is -0.404. The summed E-state index contributed by atoms with van der Waals surface area (Å²) >= 11 is 14.1. The third kappa shape index (κ3) is 4.71. The number of hydrogen-bond donors (Lipinski definition) is 1. The zero-order valence-electron chi connectivity index (χ0n) is 15.4. The van der Waals surface area contributed by atoms with Crippen molar-refractivity contribution in [2.45, 2.75) is 39.5 Å². The molecule has 0 aromatic heterocycles. The second kappa shape index (κ2) is 9.18. The number of benzene rings is 1. The lowest BCUT2D eigenvalue weighted by Gasteiger charge is -2.26. The highest BCUT2D eigenvalue weighted by Gasteiger charge is 2.25. The first kappa shape index (κ1) is 20.3. The fourth-order valence-corrected chi connectivity index (χ4v) is 4.36. The minimum absolute atomic E-state index is 0.314. The van der Waals surface area contributed by atoms with Gasteiger partial charge in [-0.3, -0.25) is 0 Å². The van der Waals surface area contributed by atoms with E-state index in [1.54, 1.807) is 24.8 Å². The van der Waals surface area contributed by atoms with Gasteiger partial charge in [0.05, 0.1) is 11.6 Å². The maximum Gasteiger partial charge on any atom is 0.359 e. The van der Waals surface area contributed by atoms with Crippen LogP contribution in [0.25, 0.3) is 5.70 Å². The molecule has 144 valence electrons. The van der Waals surface area contributed by atoms with Crippen LogP contribution in [-0.4, -0.2) is 24.0 Å². The van der Waals surface area contributed by atoms with Gasteiger partial charge in [0.1, 0.15) is 5.03 Å². The third-order valence-electron chi connectivity index (χ3n) is 4.49. The molecule has 1 aliphatic heterocycles. The largest absolute Gasteiger partial charge is 0.461 e. The van der Waals surface area contributed by atoms with Crippen LogP contribution in [0.1, 0.15) is 45.1 Å². The molecule has 4 nitrogen and oxygen atoms in total. The number of nitrogens with one attached hydrogen (secondary N) is 1. The first-order chi connectivity index (χ1) is 13.0. The fourth-order valence-electron chi connectivity index (χ4n) is 2.83. The lowest BCUT2D eigenvalue weighted by atomic mass is 9.88. The van der Waals surface area contributed by atoms with Gasteiger partial charge in [-0.1, -0.05) is 41.9 Å². The molecule has 0 atom stereocenters.